The van der Waals surface area contributed by atoms with Crippen LogP contribution in [-0.4, -0.2) is 41.4 Å². The number of benzene rings is 2. The molecule has 0 unspecified atom stereocenters. The van der Waals surface area contributed by atoms with Gasteiger partial charge in [0.25, 0.3) is 0 Å². The van der Waals surface area contributed by atoms with Gasteiger partial charge < -0.3 is 14.7 Å². The number of ether oxygens (including phenoxy) is 1. The number of halogens is 1. The van der Waals surface area contributed by atoms with E-state index in [2.05, 4.69) is 17.0 Å². The number of nitrogens with zero attached hydrogens (tertiary/aromatic N) is 5. The number of hydrogen-bond acceptors (Lipinski definition) is 9. The zero-order chi connectivity index (χ0) is 27.9. The Morgan fingerprint density at radius 2 is 1.65 bits per heavy atom. The number of aliphatic hydroxyl groups is 1. The number of nitriles is 2. The summed E-state index contributed by atoms with van der Waals surface area (Å²) in [4.78, 5) is 11.9. The molecule has 0 spiro atoms. The van der Waals surface area contributed by atoms with Crippen molar-refractivity contribution in [3.05, 3.63) is 75.8 Å². The van der Waals surface area contributed by atoms with Crippen LogP contribution in [-0.2, 0) is 5.75 Å². The highest BCUT2D eigenvalue weighted by Crippen LogP contribution is 2.40. The lowest BCUT2D eigenvalue weighted by atomic mass is 9.96. The van der Waals surface area contributed by atoms with Gasteiger partial charge in [0, 0.05) is 40.4 Å². The van der Waals surface area contributed by atoms with Crippen LogP contribution < -0.4 is 9.64 Å². The first-order valence-electron chi connectivity index (χ1n) is 12.9. The number of piperidine rings is 1. The SMILES string of the molecule is N#Cc1c(SCc2csc(-c3ccc(Cl)cc3)n2)nc(N2CCCCC2)c(C#N)c1-c1ccc(OCCO)cc1. The maximum absolute atomic E-state index is 10.3. The molecule has 2 aromatic heterocycles. The summed E-state index contributed by atoms with van der Waals surface area (Å²) < 4.78 is 5.51. The van der Waals surface area contributed by atoms with E-state index in [-0.39, 0.29) is 13.2 Å². The molecule has 1 fully saturated rings. The lowest BCUT2D eigenvalue weighted by Crippen LogP contribution is -2.31. The van der Waals surface area contributed by atoms with Gasteiger partial charge in [-0.15, -0.1) is 11.3 Å². The number of aromatic nitrogens is 2. The van der Waals surface area contributed by atoms with Crippen LogP contribution in [0, 0.1) is 22.7 Å². The number of aliphatic hydroxyl groups excluding tert-OH is 1. The summed E-state index contributed by atoms with van der Waals surface area (Å²) in [6.45, 7) is 1.75. The standard InChI is InChI=1S/C30H26ClN5O2S2/c31-22-8-4-21(5-9-22)29-34-23(18-39-29)19-40-30-26(17-33)27(20-6-10-24(11-7-20)38-15-14-37)25(16-32)28(35-30)36-12-2-1-3-13-36/h4-11,18,37H,1-3,12-15,19H2. The van der Waals surface area contributed by atoms with Crippen molar-refractivity contribution in [2.75, 3.05) is 31.2 Å². The Kier molecular flexibility index (Phi) is 9.20. The second kappa shape index (κ2) is 13.2. The fourth-order valence-electron chi connectivity index (χ4n) is 4.61. The molecule has 4 aromatic rings. The van der Waals surface area contributed by atoms with Crippen LogP contribution in [0.15, 0.2) is 58.9 Å². The summed E-state index contributed by atoms with van der Waals surface area (Å²) in [5.74, 6) is 1.76. The van der Waals surface area contributed by atoms with E-state index in [1.54, 1.807) is 23.5 Å². The molecule has 1 N–H and O–H groups in total. The van der Waals surface area contributed by atoms with Gasteiger partial charge in [0.05, 0.1) is 17.9 Å². The Morgan fingerprint density at radius 1 is 0.950 bits per heavy atom. The Bertz CT molecular complexity index is 1550. The minimum Gasteiger partial charge on any atom is -0.491 e. The first kappa shape index (κ1) is 27.9. The Balaban J connectivity index is 1.52. The van der Waals surface area contributed by atoms with Gasteiger partial charge in [-0.05, 0) is 49.1 Å². The van der Waals surface area contributed by atoms with E-state index in [0.29, 0.717) is 44.1 Å². The van der Waals surface area contributed by atoms with Crippen molar-refractivity contribution in [1.82, 2.24) is 9.97 Å². The van der Waals surface area contributed by atoms with Crippen LogP contribution >= 0.6 is 34.7 Å². The summed E-state index contributed by atoms with van der Waals surface area (Å²) in [6, 6.07) is 19.6. The van der Waals surface area contributed by atoms with E-state index in [1.165, 1.54) is 11.8 Å². The first-order valence-corrected chi connectivity index (χ1v) is 15.2. The van der Waals surface area contributed by atoms with Gasteiger partial charge in [-0.1, -0.05) is 47.6 Å². The number of thiazole rings is 1. The predicted molar refractivity (Wildman–Crippen MR) is 160 cm³/mol. The van der Waals surface area contributed by atoms with Gasteiger partial charge in [0.2, 0.25) is 0 Å². The quantitative estimate of drug-likeness (QED) is 0.210. The normalized spacial score (nSPS) is 13.1. The highest BCUT2D eigenvalue weighted by molar-refractivity contribution is 7.98. The lowest BCUT2D eigenvalue weighted by molar-refractivity contribution is 0.201. The van der Waals surface area contributed by atoms with E-state index >= 15 is 0 Å². The fraction of sp³-hybridized carbons (Fsp3) is 0.267. The molecule has 0 atom stereocenters. The molecule has 3 heterocycles. The largest absolute Gasteiger partial charge is 0.491 e. The summed E-state index contributed by atoms with van der Waals surface area (Å²) in [5, 5.41) is 33.9. The van der Waals surface area contributed by atoms with Crippen molar-refractivity contribution in [2.24, 2.45) is 0 Å². The van der Waals surface area contributed by atoms with Gasteiger partial charge in [-0.3, -0.25) is 0 Å². The van der Waals surface area contributed by atoms with E-state index in [4.69, 9.17) is 31.4 Å². The molecule has 0 bridgehead atoms. The van der Waals surface area contributed by atoms with Crippen molar-refractivity contribution in [3.63, 3.8) is 0 Å². The molecular weight excluding hydrogens is 562 g/mol. The molecule has 5 rings (SSSR count). The first-order chi connectivity index (χ1) is 19.6. The minimum absolute atomic E-state index is 0.0801. The minimum atomic E-state index is -0.0801. The van der Waals surface area contributed by atoms with Gasteiger partial charge in [-0.2, -0.15) is 10.5 Å². The molecule has 0 radical (unpaired) electrons. The molecular formula is C30H26ClN5O2S2. The average Bonchev–Trinajstić information content (AvgIpc) is 3.48. The van der Waals surface area contributed by atoms with Crippen LogP contribution in [0.2, 0.25) is 5.02 Å². The van der Waals surface area contributed by atoms with Gasteiger partial charge in [0.1, 0.15) is 45.9 Å². The van der Waals surface area contributed by atoms with E-state index < -0.39 is 0 Å². The van der Waals surface area contributed by atoms with Crippen molar-refractivity contribution < 1.29 is 9.84 Å². The van der Waals surface area contributed by atoms with Crippen LogP contribution in [0.1, 0.15) is 36.1 Å². The zero-order valence-electron chi connectivity index (χ0n) is 21.6. The maximum Gasteiger partial charge on any atom is 0.148 e. The summed E-state index contributed by atoms with van der Waals surface area (Å²) in [6.07, 6.45) is 3.22. The summed E-state index contributed by atoms with van der Waals surface area (Å²) in [7, 11) is 0. The van der Waals surface area contributed by atoms with Crippen LogP contribution in [0.5, 0.6) is 5.75 Å². The molecule has 0 aliphatic carbocycles. The van der Waals surface area contributed by atoms with E-state index in [9.17, 15) is 10.5 Å². The molecule has 7 nitrogen and oxygen atoms in total. The average molecular weight is 588 g/mol. The van der Waals surface area contributed by atoms with Crippen LogP contribution in [0.3, 0.4) is 0 Å². The Labute approximate surface area is 246 Å². The van der Waals surface area contributed by atoms with E-state index in [1.807, 2.05) is 41.8 Å². The molecule has 1 aliphatic rings. The van der Waals surface area contributed by atoms with Gasteiger partial charge >= 0.3 is 0 Å². The number of anilines is 1. The topological polar surface area (TPSA) is 106 Å². The second-order valence-electron chi connectivity index (χ2n) is 9.17. The molecule has 1 aliphatic heterocycles. The monoisotopic (exact) mass is 587 g/mol. The molecule has 10 heteroatoms. The maximum atomic E-state index is 10.3. The molecule has 2 aromatic carbocycles. The second-order valence-corrected chi connectivity index (χ2v) is 11.4. The number of rotatable bonds is 9. The van der Waals surface area contributed by atoms with Crippen molar-refractivity contribution in [2.45, 2.75) is 30.0 Å². The van der Waals surface area contributed by atoms with Gasteiger partial charge in [0.15, 0.2) is 0 Å². The zero-order valence-corrected chi connectivity index (χ0v) is 24.0. The van der Waals surface area contributed by atoms with Crippen LogP contribution in [0.25, 0.3) is 21.7 Å². The third-order valence-corrected chi connectivity index (χ3v) is 8.73. The van der Waals surface area contributed by atoms with Crippen molar-refractivity contribution in [1.29, 1.82) is 10.5 Å². The highest BCUT2D eigenvalue weighted by Gasteiger charge is 2.26. The molecule has 40 heavy (non-hydrogen) atoms. The van der Waals surface area contributed by atoms with Crippen LogP contribution in [0.4, 0.5) is 5.82 Å². The third kappa shape index (κ3) is 6.24. The molecule has 0 amide bonds. The Hall–Kier alpha value is -3.60. The summed E-state index contributed by atoms with van der Waals surface area (Å²) in [5.41, 5.74) is 4.00. The third-order valence-electron chi connectivity index (χ3n) is 6.53. The van der Waals surface area contributed by atoms with Gasteiger partial charge in [-0.25, -0.2) is 9.97 Å². The molecule has 0 saturated carbocycles. The highest BCUT2D eigenvalue weighted by atomic mass is 35.5. The van der Waals surface area contributed by atoms with Crippen molar-refractivity contribution >= 4 is 40.5 Å². The number of thioether (sulfide) groups is 1. The predicted octanol–water partition coefficient (Wildman–Crippen LogP) is 6.92. The Morgan fingerprint density at radius 3 is 2.33 bits per heavy atom. The van der Waals surface area contributed by atoms with Crippen molar-refractivity contribution in [3.8, 4) is 39.6 Å². The van der Waals surface area contributed by atoms with E-state index in [0.717, 1.165) is 54.2 Å². The fourth-order valence-corrected chi connectivity index (χ4v) is 6.54. The molecule has 1 saturated heterocycles. The number of pyridine rings is 1. The number of hydrogen-bond donors (Lipinski definition) is 1. The summed E-state index contributed by atoms with van der Waals surface area (Å²) >= 11 is 9.05. The lowest BCUT2D eigenvalue weighted by Gasteiger charge is -2.29. The smallest absolute Gasteiger partial charge is 0.148 e. The molecule has 202 valence electrons.